The summed E-state index contributed by atoms with van der Waals surface area (Å²) in [6, 6.07) is 28.0. The largest absolute Gasteiger partial charge is 0.281 e. The number of carbonyl (C=O) groups excluding carboxylic acids is 1. The van der Waals surface area contributed by atoms with E-state index in [-0.39, 0.29) is 5.91 Å². The number of fused-ring (bicyclic) bond motifs is 3. The lowest BCUT2D eigenvalue weighted by Gasteiger charge is -2.24. The Bertz CT molecular complexity index is 1120. The van der Waals surface area contributed by atoms with Crippen LogP contribution in [0.4, 0.5) is 11.4 Å². The van der Waals surface area contributed by atoms with Crippen molar-refractivity contribution >= 4 is 28.2 Å². The van der Waals surface area contributed by atoms with E-state index in [1.807, 2.05) is 77.7 Å². The Balaban J connectivity index is 1.69. The molecule has 0 bridgehead atoms. The molecule has 0 saturated heterocycles. The van der Waals surface area contributed by atoms with E-state index in [1.165, 1.54) is 11.1 Å². The topological polar surface area (TPSA) is 33.2 Å². The first-order valence-electron chi connectivity index (χ1n) is 9.17. The van der Waals surface area contributed by atoms with Gasteiger partial charge in [-0.05, 0) is 48.2 Å². The number of hydrogen-bond acceptors (Lipinski definition) is 2. The average molecular weight is 350 g/mol. The molecule has 0 fully saturated rings. The minimum atomic E-state index is -0.0949. The van der Waals surface area contributed by atoms with Gasteiger partial charge in [0.15, 0.2) is 0 Å². The van der Waals surface area contributed by atoms with E-state index in [0.717, 1.165) is 35.1 Å². The molecule has 4 aromatic rings. The Hall–Kier alpha value is -3.46. The number of nitrogens with zero attached hydrogens (tertiary/aromatic N) is 2. The highest BCUT2D eigenvalue weighted by atomic mass is 16.2. The monoisotopic (exact) mass is 350 g/mol. The van der Waals surface area contributed by atoms with Crippen molar-refractivity contribution in [3.63, 3.8) is 0 Å². The summed E-state index contributed by atoms with van der Waals surface area (Å²) in [5.41, 5.74) is 5.55. The van der Waals surface area contributed by atoms with Crippen LogP contribution >= 0.6 is 0 Å². The Kier molecular flexibility index (Phi) is 3.72. The minimum Gasteiger partial charge on any atom is -0.275 e. The van der Waals surface area contributed by atoms with Gasteiger partial charge in [-0.2, -0.15) is 0 Å². The average Bonchev–Trinajstić information content (AvgIpc) is 2.90. The van der Waals surface area contributed by atoms with Crippen LogP contribution in [0.15, 0.2) is 84.9 Å². The lowest BCUT2D eigenvalue weighted by atomic mass is 10.0. The molecular formula is C24H18N2O. The van der Waals surface area contributed by atoms with Gasteiger partial charge in [0, 0.05) is 5.39 Å². The number of para-hydroxylation sites is 3. The van der Waals surface area contributed by atoms with Crippen LogP contribution in [0.5, 0.6) is 0 Å². The van der Waals surface area contributed by atoms with Crippen molar-refractivity contribution < 1.29 is 4.79 Å². The van der Waals surface area contributed by atoms with Gasteiger partial charge in [-0.1, -0.05) is 60.7 Å². The van der Waals surface area contributed by atoms with Crippen LogP contribution in [0.25, 0.3) is 10.9 Å². The molecule has 1 aliphatic rings. The van der Waals surface area contributed by atoms with Crippen molar-refractivity contribution in [2.75, 3.05) is 4.90 Å². The molecule has 3 aromatic carbocycles. The molecule has 0 N–H and O–H groups in total. The normalized spacial score (nSPS) is 13.0. The second-order valence-corrected chi connectivity index (χ2v) is 6.79. The van der Waals surface area contributed by atoms with Gasteiger partial charge in [-0.3, -0.25) is 9.69 Å². The highest BCUT2D eigenvalue weighted by Crippen LogP contribution is 2.36. The maximum atomic E-state index is 13.6. The molecule has 0 spiro atoms. The minimum absolute atomic E-state index is 0.0949. The van der Waals surface area contributed by atoms with Crippen molar-refractivity contribution in [3.05, 3.63) is 102 Å². The van der Waals surface area contributed by atoms with E-state index in [9.17, 15) is 4.79 Å². The molecule has 130 valence electrons. The van der Waals surface area contributed by atoms with E-state index in [4.69, 9.17) is 0 Å². The van der Waals surface area contributed by atoms with Crippen molar-refractivity contribution in [3.8, 4) is 0 Å². The summed E-state index contributed by atoms with van der Waals surface area (Å²) in [4.78, 5) is 20.0. The van der Waals surface area contributed by atoms with Gasteiger partial charge in [-0.15, -0.1) is 0 Å². The van der Waals surface area contributed by atoms with E-state index < -0.39 is 0 Å². The summed E-state index contributed by atoms with van der Waals surface area (Å²) < 4.78 is 0. The predicted molar refractivity (Wildman–Crippen MR) is 109 cm³/mol. The smallest absolute Gasteiger partial charge is 0.275 e. The van der Waals surface area contributed by atoms with Crippen LogP contribution < -0.4 is 4.90 Å². The van der Waals surface area contributed by atoms with Crippen LogP contribution in [-0.4, -0.2) is 10.9 Å². The standard InChI is InChI=1S/C24H18N2O/c27-24(21-16-15-17-7-1-4-10-20(17)25-21)26-22-11-5-2-8-18(22)13-14-19-9-3-6-12-23(19)26/h1-12,15-16H,13-14H2. The first kappa shape index (κ1) is 15.8. The number of aryl methyl sites for hydroxylation is 2. The lowest BCUT2D eigenvalue weighted by molar-refractivity contribution is 0.0995. The van der Waals surface area contributed by atoms with Crippen LogP contribution in [0.2, 0.25) is 0 Å². The number of carbonyl (C=O) groups is 1. The molecule has 27 heavy (non-hydrogen) atoms. The number of aromatic nitrogens is 1. The maximum absolute atomic E-state index is 13.6. The zero-order chi connectivity index (χ0) is 18.2. The third-order valence-electron chi connectivity index (χ3n) is 5.15. The summed E-state index contributed by atoms with van der Waals surface area (Å²) in [6.45, 7) is 0. The Labute approximate surface area is 157 Å². The molecule has 3 heteroatoms. The molecule has 0 atom stereocenters. The molecule has 1 aromatic heterocycles. The number of benzene rings is 3. The molecule has 2 heterocycles. The van der Waals surface area contributed by atoms with Crippen molar-refractivity contribution in [1.29, 1.82) is 0 Å². The fourth-order valence-electron chi connectivity index (χ4n) is 3.80. The molecule has 1 amide bonds. The molecule has 0 saturated carbocycles. The summed E-state index contributed by atoms with van der Waals surface area (Å²) in [5.74, 6) is -0.0949. The van der Waals surface area contributed by atoms with Crippen molar-refractivity contribution in [2.45, 2.75) is 12.8 Å². The number of amides is 1. The molecule has 5 rings (SSSR count). The van der Waals surface area contributed by atoms with Crippen LogP contribution in [-0.2, 0) is 12.8 Å². The fourth-order valence-corrected chi connectivity index (χ4v) is 3.80. The quantitative estimate of drug-likeness (QED) is 0.466. The first-order chi connectivity index (χ1) is 13.3. The maximum Gasteiger partial charge on any atom is 0.281 e. The van der Waals surface area contributed by atoms with Crippen LogP contribution in [0.3, 0.4) is 0 Å². The second-order valence-electron chi connectivity index (χ2n) is 6.79. The highest BCUT2D eigenvalue weighted by Gasteiger charge is 2.27. The van der Waals surface area contributed by atoms with E-state index >= 15 is 0 Å². The zero-order valence-electron chi connectivity index (χ0n) is 14.8. The fraction of sp³-hybridized carbons (Fsp3) is 0.0833. The second kappa shape index (κ2) is 6.36. The van der Waals surface area contributed by atoms with Gasteiger partial charge < -0.3 is 0 Å². The third kappa shape index (κ3) is 2.68. The molecule has 0 unspecified atom stereocenters. The predicted octanol–water partition coefficient (Wildman–Crippen LogP) is 5.31. The number of pyridine rings is 1. The Morgan fingerprint density at radius 3 is 2.00 bits per heavy atom. The lowest BCUT2D eigenvalue weighted by Crippen LogP contribution is -2.27. The van der Waals surface area contributed by atoms with E-state index in [2.05, 4.69) is 17.1 Å². The Morgan fingerprint density at radius 2 is 1.30 bits per heavy atom. The number of hydrogen-bond donors (Lipinski definition) is 0. The van der Waals surface area contributed by atoms with E-state index in [0.29, 0.717) is 5.69 Å². The molecule has 0 radical (unpaired) electrons. The van der Waals surface area contributed by atoms with Gasteiger partial charge in [-0.25, -0.2) is 4.98 Å². The third-order valence-corrected chi connectivity index (χ3v) is 5.15. The number of anilines is 2. The number of rotatable bonds is 1. The van der Waals surface area contributed by atoms with Gasteiger partial charge in [0.05, 0.1) is 16.9 Å². The van der Waals surface area contributed by atoms with E-state index in [1.54, 1.807) is 0 Å². The summed E-state index contributed by atoms with van der Waals surface area (Å²) >= 11 is 0. The Morgan fingerprint density at radius 1 is 0.704 bits per heavy atom. The van der Waals surface area contributed by atoms with Gasteiger partial charge in [0.1, 0.15) is 5.69 Å². The SMILES string of the molecule is O=C(c1ccc2ccccc2n1)N1c2ccccc2CCc2ccccc21. The summed E-state index contributed by atoms with van der Waals surface area (Å²) in [6.07, 6.45) is 1.84. The molecule has 1 aliphatic heterocycles. The van der Waals surface area contributed by atoms with Crippen molar-refractivity contribution in [2.24, 2.45) is 0 Å². The summed E-state index contributed by atoms with van der Waals surface area (Å²) in [5, 5.41) is 1.03. The van der Waals surface area contributed by atoms with Gasteiger partial charge in [0.25, 0.3) is 5.91 Å². The van der Waals surface area contributed by atoms with Gasteiger partial charge in [0.2, 0.25) is 0 Å². The molecule has 3 nitrogen and oxygen atoms in total. The zero-order valence-corrected chi connectivity index (χ0v) is 14.8. The van der Waals surface area contributed by atoms with Crippen molar-refractivity contribution in [1.82, 2.24) is 4.98 Å². The van der Waals surface area contributed by atoms with Crippen LogP contribution in [0.1, 0.15) is 21.6 Å². The van der Waals surface area contributed by atoms with Gasteiger partial charge >= 0.3 is 0 Å². The highest BCUT2D eigenvalue weighted by molar-refractivity contribution is 6.11. The summed E-state index contributed by atoms with van der Waals surface area (Å²) in [7, 11) is 0. The van der Waals surface area contributed by atoms with Crippen LogP contribution in [0, 0.1) is 0 Å². The molecule has 0 aliphatic carbocycles. The molecular weight excluding hydrogens is 332 g/mol. The first-order valence-corrected chi connectivity index (χ1v) is 9.17.